The van der Waals surface area contributed by atoms with Gasteiger partial charge in [-0.3, -0.25) is 4.79 Å². The summed E-state index contributed by atoms with van der Waals surface area (Å²) in [5.74, 6) is 1.16. The number of carbonyl (C=O) groups excluding carboxylic acids is 1. The number of hydrogen-bond donors (Lipinski definition) is 2. The van der Waals surface area contributed by atoms with Crippen LogP contribution in [0.3, 0.4) is 0 Å². The third-order valence-corrected chi connectivity index (χ3v) is 9.38. The van der Waals surface area contributed by atoms with Gasteiger partial charge >= 0.3 is 0 Å². The normalized spacial score (nSPS) is 28.0. The van der Waals surface area contributed by atoms with Crippen molar-refractivity contribution in [2.45, 2.75) is 69.4 Å². The number of anilines is 1. The summed E-state index contributed by atoms with van der Waals surface area (Å²) in [6.07, 6.45) is 7.96. The molecule has 2 aromatic rings. The number of hydrogen-bond acceptors (Lipinski definition) is 6. The molecule has 3 fully saturated rings. The van der Waals surface area contributed by atoms with Crippen LogP contribution in [-0.2, 0) is 4.79 Å². The molecule has 192 valence electrons. The van der Waals surface area contributed by atoms with Crippen molar-refractivity contribution in [1.82, 2.24) is 20.2 Å². The van der Waals surface area contributed by atoms with Crippen LogP contribution in [-0.4, -0.2) is 64.6 Å². The van der Waals surface area contributed by atoms with Crippen LogP contribution < -0.4 is 10.2 Å². The number of piperazine rings is 1. The lowest BCUT2D eigenvalue weighted by molar-refractivity contribution is -0.133. The Kier molecular flexibility index (Phi) is 6.42. The molecule has 1 spiro atoms. The number of nitrogens with zero attached hydrogens (tertiary/aromatic N) is 4. The fraction of sp³-hybridized carbons (Fsp3) is 0.607. The first-order chi connectivity index (χ1) is 17.4. The Morgan fingerprint density at radius 1 is 1.14 bits per heavy atom. The van der Waals surface area contributed by atoms with Crippen molar-refractivity contribution < 1.29 is 9.90 Å². The smallest absolute Gasteiger partial charge is 0.231 e. The van der Waals surface area contributed by atoms with Crippen molar-refractivity contribution >= 4 is 23.3 Å². The lowest BCUT2D eigenvalue weighted by atomic mass is 9.79. The first-order valence-electron chi connectivity index (χ1n) is 13.5. The summed E-state index contributed by atoms with van der Waals surface area (Å²) in [7, 11) is 0. The van der Waals surface area contributed by atoms with Crippen LogP contribution in [0.15, 0.2) is 30.6 Å². The van der Waals surface area contributed by atoms with Gasteiger partial charge in [0.25, 0.3) is 0 Å². The summed E-state index contributed by atoms with van der Waals surface area (Å²) >= 11 is 6.19. The van der Waals surface area contributed by atoms with E-state index in [0.29, 0.717) is 29.9 Å². The monoisotopic (exact) mass is 509 g/mol. The highest BCUT2D eigenvalue weighted by molar-refractivity contribution is 6.30. The minimum absolute atomic E-state index is 0.155. The van der Waals surface area contributed by atoms with Crippen LogP contribution in [0.5, 0.6) is 0 Å². The molecule has 3 heterocycles. The maximum Gasteiger partial charge on any atom is 0.231 e. The number of fused-ring (bicyclic) bond motifs is 1. The third kappa shape index (κ3) is 4.29. The fourth-order valence-corrected chi connectivity index (χ4v) is 7.33. The highest BCUT2D eigenvalue weighted by Gasteiger charge is 2.46. The molecule has 7 nitrogen and oxygen atoms in total. The molecule has 1 amide bonds. The van der Waals surface area contributed by atoms with E-state index in [4.69, 9.17) is 11.6 Å². The molecule has 1 saturated carbocycles. The molecular formula is C28H36ClN5O2. The molecular weight excluding hydrogens is 474 g/mol. The predicted molar refractivity (Wildman–Crippen MR) is 140 cm³/mol. The Bertz CT molecular complexity index is 1110. The van der Waals surface area contributed by atoms with Gasteiger partial charge in [-0.05, 0) is 54.7 Å². The van der Waals surface area contributed by atoms with Gasteiger partial charge in [0.05, 0.1) is 17.7 Å². The van der Waals surface area contributed by atoms with E-state index in [-0.39, 0.29) is 23.8 Å². The Morgan fingerprint density at radius 2 is 1.86 bits per heavy atom. The summed E-state index contributed by atoms with van der Waals surface area (Å²) in [6.45, 7) is 5.93. The topological polar surface area (TPSA) is 81.6 Å². The van der Waals surface area contributed by atoms with Gasteiger partial charge in [-0.2, -0.15) is 0 Å². The Hall–Kier alpha value is -2.22. The second kappa shape index (κ2) is 9.58. The number of aliphatic hydroxyl groups excluding tert-OH is 1. The fourth-order valence-electron chi connectivity index (χ4n) is 7.21. The van der Waals surface area contributed by atoms with Gasteiger partial charge in [0.2, 0.25) is 5.91 Å². The molecule has 2 aliphatic carbocycles. The standard InChI is InChI=1S/C28H36ClN5O2/c1-18-14-22(35)25-23(18)26(32-17-31-25)33-10-12-34(13-11-33)27(36)24(19-4-6-20(29)7-5-19)21-15-28(16-30-21)8-2-3-9-28/h4-7,17-18,21-22,24,30,35H,2-3,8-16H2,1H3/t18-,21+,22-,24+/m1/s1. The highest BCUT2D eigenvalue weighted by Crippen LogP contribution is 2.47. The summed E-state index contributed by atoms with van der Waals surface area (Å²) in [6, 6.07) is 8.02. The first-order valence-corrected chi connectivity index (χ1v) is 13.9. The van der Waals surface area contributed by atoms with E-state index in [1.54, 1.807) is 6.33 Å². The molecule has 0 unspecified atom stereocenters. The number of halogens is 1. The molecule has 4 atom stereocenters. The van der Waals surface area contributed by atoms with Gasteiger partial charge < -0.3 is 20.2 Å². The average molecular weight is 510 g/mol. The van der Waals surface area contributed by atoms with Crippen LogP contribution in [0.4, 0.5) is 5.82 Å². The van der Waals surface area contributed by atoms with Gasteiger partial charge in [-0.15, -0.1) is 0 Å². The van der Waals surface area contributed by atoms with Crippen molar-refractivity contribution in [2.24, 2.45) is 5.41 Å². The Labute approximate surface area is 218 Å². The van der Waals surface area contributed by atoms with E-state index in [2.05, 4.69) is 27.1 Å². The van der Waals surface area contributed by atoms with Gasteiger partial charge in [0.1, 0.15) is 12.1 Å². The zero-order valence-electron chi connectivity index (χ0n) is 21.0. The molecule has 0 radical (unpaired) electrons. The van der Waals surface area contributed by atoms with Crippen LogP contribution >= 0.6 is 11.6 Å². The van der Waals surface area contributed by atoms with Crippen LogP contribution in [0, 0.1) is 5.41 Å². The molecule has 1 aromatic heterocycles. The minimum atomic E-state index is -0.512. The van der Waals surface area contributed by atoms with Crippen molar-refractivity contribution in [3.8, 4) is 0 Å². The highest BCUT2D eigenvalue weighted by atomic mass is 35.5. The van der Waals surface area contributed by atoms with Crippen LogP contribution in [0.2, 0.25) is 5.02 Å². The maximum absolute atomic E-state index is 14.1. The van der Waals surface area contributed by atoms with E-state index in [1.165, 1.54) is 25.7 Å². The van der Waals surface area contributed by atoms with Gasteiger partial charge in [0, 0.05) is 49.4 Å². The van der Waals surface area contributed by atoms with E-state index in [1.807, 2.05) is 29.2 Å². The summed E-state index contributed by atoms with van der Waals surface area (Å²) in [5.41, 5.74) is 3.25. The number of carbonyl (C=O) groups is 1. The molecule has 4 aliphatic rings. The zero-order valence-corrected chi connectivity index (χ0v) is 21.8. The first kappa shape index (κ1) is 24.1. The number of nitrogens with one attached hydrogen (secondary N) is 1. The molecule has 6 rings (SSSR count). The Morgan fingerprint density at radius 3 is 2.58 bits per heavy atom. The van der Waals surface area contributed by atoms with Gasteiger partial charge in [-0.1, -0.05) is 43.5 Å². The maximum atomic E-state index is 14.1. The number of rotatable bonds is 4. The molecule has 1 aromatic carbocycles. The quantitative estimate of drug-likeness (QED) is 0.647. The molecule has 2 N–H and O–H groups in total. The van der Waals surface area contributed by atoms with Crippen molar-refractivity contribution in [2.75, 3.05) is 37.6 Å². The zero-order chi connectivity index (χ0) is 24.9. The van der Waals surface area contributed by atoms with E-state index in [9.17, 15) is 9.90 Å². The van der Waals surface area contributed by atoms with Gasteiger partial charge in [0.15, 0.2) is 0 Å². The number of amides is 1. The van der Waals surface area contributed by atoms with Crippen molar-refractivity contribution in [3.63, 3.8) is 0 Å². The lowest BCUT2D eigenvalue weighted by Gasteiger charge is -2.39. The number of aliphatic hydroxyl groups is 1. The van der Waals surface area contributed by atoms with E-state index >= 15 is 0 Å². The Balaban J connectivity index is 1.20. The van der Waals surface area contributed by atoms with Crippen LogP contribution in [0.25, 0.3) is 0 Å². The predicted octanol–water partition coefficient (Wildman–Crippen LogP) is 4.03. The van der Waals surface area contributed by atoms with E-state index in [0.717, 1.165) is 48.7 Å². The van der Waals surface area contributed by atoms with Crippen molar-refractivity contribution in [3.05, 3.63) is 52.4 Å². The largest absolute Gasteiger partial charge is 0.387 e. The molecule has 2 saturated heterocycles. The molecule has 36 heavy (non-hydrogen) atoms. The number of aromatic nitrogens is 2. The summed E-state index contributed by atoms with van der Waals surface area (Å²) < 4.78 is 0. The number of benzene rings is 1. The van der Waals surface area contributed by atoms with Crippen LogP contribution in [0.1, 0.15) is 80.2 Å². The summed E-state index contributed by atoms with van der Waals surface area (Å²) in [4.78, 5) is 27.3. The average Bonchev–Trinajstić information content (AvgIpc) is 3.61. The van der Waals surface area contributed by atoms with Crippen molar-refractivity contribution in [1.29, 1.82) is 0 Å². The summed E-state index contributed by atoms with van der Waals surface area (Å²) in [5, 5.41) is 14.8. The second-order valence-electron chi connectivity index (χ2n) is 11.4. The van der Waals surface area contributed by atoms with Gasteiger partial charge in [-0.25, -0.2) is 9.97 Å². The minimum Gasteiger partial charge on any atom is -0.387 e. The molecule has 8 heteroatoms. The molecule has 0 bridgehead atoms. The second-order valence-corrected chi connectivity index (χ2v) is 11.8. The lowest BCUT2D eigenvalue weighted by Crippen LogP contribution is -2.52. The van der Waals surface area contributed by atoms with E-state index < -0.39 is 6.10 Å². The third-order valence-electron chi connectivity index (χ3n) is 9.12. The SMILES string of the molecule is C[C@@H]1C[C@@H](O)c2ncnc(N3CCN(C(=O)[C@@H](c4ccc(Cl)cc4)[C@@H]4CC5(CCCC5)CN4)CC3)c21. The molecule has 2 aliphatic heterocycles.